The Morgan fingerprint density at radius 2 is 2.00 bits per heavy atom. The third kappa shape index (κ3) is 4.35. The van der Waals surface area contributed by atoms with E-state index in [1.54, 1.807) is 11.9 Å². The quantitative estimate of drug-likeness (QED) is 0.773. The fraction of sp³-hybridized carbons (Fsp3) is 0.538. The molecule has 0 radical (unpaired) electrons. The SMILES string of the molecule is CN(CCS(=O)(=O)c1cc(Cl)ccc1Cl)[C@@H]1CCS(=O)(=O)C1. The van der Waals surface area contributed by atoms with Gasteiger partial charge >= 0.3 is 0 Å². The van der Waals surface area contributed by atoms with Crippen molar-refractivity contribution in [2.24, 2.45) is 0 Å². The molecule has 0 saturated carbocycles. The van der Waals surface area contributed by atoms with Crippen molar-refractivity contribution in [3.05, 3.63) is 28.2 Å². The first-order valence-corrected chi connectivity index (χ1v) is 10.9. The van der Waals surface area contributed by atoms with E-state index in [0.29, 0.717) is 11.4 Å². The monoisotopic (exact) mass is 385 g/mol. The minimum atomic E-state index is -3.57. The van der Waals surface area contributed by atoms with E-state index in [1.165, 1.54) is 18.2 Å². The minimum Gasteiger partial charge on any atom is -0.301 e. The van der Waals surface area contributed by atoms with Crippen LogP contribution in [0.1, 0.15) is 6.42 Å². The summed E-state index contributed by atoms with van der Waals surface area (Å²) in [4.78, 5) is 1.79. The van der Waals surface area contributed by atoms with Gasteiger partial charge in [-0.3, -0.25) is 0 Å². The van der Waals surface area contributed by atoms with Gasteiger partial charge in [0.05, 0.1) is 27.2 Å². The van der Waals surface area contributed by atoms with Gasteiger partial charge in [-0.25, -0.2) is 16.8 Å². The first-order chi connectivity index (χ1) is 10.1. The number of halogens is 2. The van der Waals surface area contributed by atoms with E-state index in [9.17, 15) is 16.8 Å². The molecule has 1 aliphatic rings. The summed E-state index contributed by atoms with van der Waals surface area (Å²) in [7, 11) is -4.83. The lowest BCUT2D eigenvalue weighted by molar-refractivity contribution is 0.276. The normalized spacial score (nSPS) is 21.4. The Balaban J connectivity index is 2.05. The van der Waals surface area contributed by atoms with Crippen LogP contribution in [0.25, 0.3) is 0 Å². The molecule has 0 spiro atoms. The van der Waals surface area contributed by atoms with Crippen LogP contribution < -0.4 is 0 Å². The van der Waals surface area contributed by atoms with Gasteiger partial charge in [0.2, 0.25) is 0 Å². The highest BCUT2D eigenvalue weighted by molar-refractivity contribution is 7.91. The molecule has 1 aliphatic heterocycles. The number of nitrogens with zero attached hydrogens (tertiary/aromatic N) is 1. The van der Waals surface area contributed by atoms with Crippen LogP contribution >= 0.6 is 23.2 Å². The molecule has 9 heteroatoms. The summed E-state index contributed by atoms with van der Waals surface area (Å²) in [6, 6.07) is 4.18. The summed E-state index contributed by atoms with van der Waals surface area (Å²) in [5.74, 6) is 0.108. The largest absolute Gasteiger partial charge is 0.301 e. The third-order valence-corrected chi connectivity index (χ3v) is 7.93. The summed E-state index contributed by atoms with van der Waals surface area (Å²) in [6.07, 6.45) is 0.538. The second kappa shape index (κ2) is 6.65. The molecule has 0 N–H and O–H groups in total. The van der Waals surface area contributed by atoms with Crippen LogP contribution in [-0.2, 0) is 19.7 Å². The number of rotatable bonds is 5. The lowest BCUT2D eigenvalue weighted by atomic mass is 10.2. The molecule has 0 aromatic heterocycles. The summed E-state index contributed by atoms with van der Waals surface area (Å²) in [5, 5.41) is 0.439. The molecule has 0 bridgehead atoms. The summed E-state index contributed by atoms with van der Waals surface area (Å²) < 4.78 is 47.7. The van der Waals surface area contributed by atoms with Crippen molar-refractivity contribution in [3.8, 4) is 0 Å². The van der Waals surface area contributed by atoms with Crippen LogP contribution in [0.2, 0.25) is 10.0 Å². The first-order valence-electron chi connectivity index (χ1n) is 6.69. The van der Waals surface area contributed by atoms with Crippen LogP contribution in [0.4, 0.5) is 0 Å². The molecule has 0 unspecified atom stereocenters. The topological polar surface area (TPSA) is 71.5 Å². The van der Waals surface area contributed by atoms with Gasteiger partial charge < -0.3 is 4.90 Å². The van der Waals surface area contributed by atoms with Crippen LogP contribution in [-0.4, -0.2) is 58.6 Å². The van der Waals surface area contributed by atoms with Crippen molar-refractivity contribution < 1.29 is 16.8 Å². The zero-order valence-corrected chi connectivity index (χ0v) is 15.1. The zero-order valence-electron chi connectivity index (χ0n) is 12.0. The maximum Gasteiger partial charge on any atom is 0.181 e. The number of benzene rings is 1. The molecule has 5 nitrogen and oxygen atoms in total. The average Bonchev–Trinajstić information content (AvgIpc) is 2.79. The molecule has 0 aliphatic carbocycles. The molecule has 0 amide bonds. The van der Waals surface area contributed by atoms with Gasteiger partial charge in [0.25, 0.3) is 0 Å². The number of sulfone groups is 2. The highest BCUT2D eigenvalue weighted by Crippen LogP contribution is 2.26. The van der Waals surface area contributed by atoms with Crippen molar-refractivity contribution in [1.29, 1.82) is 0 Å². The van der Waals surface area contributed by atoms with Gasteiger partial charge in [-0.05, 0) is 31.7 Å². The highest BCUT2D eigenvalue weighted by Gasteiger charge is 2.31. The summed E-state index contributed by atoms with van der Waals surface area (Å²) in [6.45, 7) is 0.241. The second-order valence-electron chi connectivity index (χ2n) is 5.43. The summed E-state index contributed by atoms with van der Waals surface area (Å²) in [5.41, 5.74) is 0. The number of hydrogen-bond acceptors (Lipinski definition) is 5. The molecule has 1 aromatic rings. The molecule has 1 saturated heterocycles. The lowest BCUT2D eigenvalue weighted by Crippen LogP contribution is -2.36. The Morgan fingerprint density at radius 1 is 1.32 bits per heavy atom. The van der Waals surface area contributed by atoms with E-state index in [0.717, 1.165) is 0 Å². The molecule has 2 rings (SSSR count). The maximum atomic E-state index is 12.4. The van der Waals surface area contributed by atoms with Crippen LogP contribution in [0.5, 0.6) is 0 Å². The van der Waals surface area contributed by atoms with Gasteiger partial charge in [0.15, 0.2) is 19.7 Å². The fourth-order valence-electron chi connectivity index (χ4n) is 2.40. The number of hydrogen-bond donors (Lipinski definition) is 0. The molecule has 1 aromatic carbocycles. The molecular weight excluding hydrogens is 369 g/mol. The predicted molar refractivity (Wildman–Crippen MR) is 88.2 cm³/mol. The van der Waals surface area contributed by atoms with E-state index < -0.39 is 19.7 Å². The Kier molecular flexibility index (Phi) is 5.44. The van der Waals surface area contributed by atoms with Gasteiger partial charge in [-0.1, -0.05) is 23.2 Å². The van der Waals surface area contributed by atoms with Crippen molar-refractivity contribution in [2.45, 2.75) is 17.4 Å². The molecule has 1 fully saturated rings. The zero-order chi connectivity index (χ0) is 16.5. The molecule has 124 valence electrons. The average molecular weight is 386 g/mol. The van der Waals surface area contributed by atoms with Crippen LogP contribution in [0, 0.1) is 0 Å². The van der Waals surface area contributed by atoms with E-state index in [2.05, 4.69) is 0 Å². The second-order valence-corrected chi connectivity index (χ2v) is 10.6. The van der Waals surface area contributed by atoms with Gasteiger partial charge in [-0.15, -0.1) is 0 Å². The van der Waals surface area contributed by atoms with Crippen molar-refractivity contribution in [3.63, 3.8) is 0 Å². The Morgan fingerprint density at radius 3 is 2.59 bits per heavy atom. The first kappa shape index (κ1) is 18.0. The molecule has 1 atom stereocenters. The molecule has 22 heavy (non-hydrogen) atoms. The molecule has 1 heterocycles. The summed E-state index contributed by atoms with van der Waals surface area (Å²) >= 11 is 11.8. The lowest BCUT2D eigenvalue weighted by Gasteiger charge is -2.22. The predicted octanol–water partition coefficient (Wildman–Crippen LogP) is 1.89. The Hall–Kier alpha value is -0.340. The third-order valence-electron chi connectivity index (χ3n) is 3.77. The van der Waals surface area contributed by atoms with Gasteiger partial charge in [-0.2, -0.15) is 0 Å². The van der Waals surface area contributed by atoms with Crippen LogP contribution in [0.15, 0.2) is 23.1 Å². The highest BCUT2D eigenvalue weighted by atomic mass is 35.5. The van der Waals surface area contributed by atoms with Crippen molar-refractivity contribution >= 4 is 42.9 Å². The fourth-order valence-corrected chi connectivity index (χ4v) is 6.33. The van der Waals surface area contributed by atoms with Crippen molar-refractivity contribution in [1.82, 2.24) is 4.90 Å². The Labute approximate surface area is 141 Å². The Bertz CT molecular complexity index is 762. The van der Waals surface area contributed by atoms with Crippen molar-refractivity contribution in [2.75, 3.05) is 30.9 Å². The van der Waals surface area contributed by atoms with Gasteiger partial charge in [0, 0.05) is 17.6 Å². The van der Waals surface area contributed by atoms with Crippen LogP contribution in [0.3, 0.4) is 0 Å². The smallest absolute Gasteiger partial charge is 0.181 e. The van der Waals surface area contributed by atoms with E-state index in [4.69, 9.17) is 23.2 Å². The standard InChI is InChI=1S/C13H17Cl2NO4S2/c1-16(11-4-6-21(17,18)9-11)5-7-22(19,20)13-8-10(14)2-3-12(13)15/h2-3,8,11H,4-7,9H2,1H3/t11-/m1/s1. The minimum absolute atomic E-state index is 0.00844. The van der Waals surface area contributed by atoms with E-state index in [1.807, 2.05) is 0 Å². The van der Waals surface area contributed by atoms with Gasteiger partial charge in [0.1, 0.15) is 0 Å². The van der Waals surface area contributed by atoms with E-state index in [-0.39, 0.29) is 39.8 Å². The van der Waals surface area contributed by atoms with E-state index >= 15 is 0 Å². The molecular formula is C13H17Cl2NO4S2. The maximum absolute atomic E-state index is 12.4.